The van der Waals surface area contributed by atoms with Gasteiger partial charge in [-0.15, -0.1) is 0 Å². The third kappa shape index (κ3) is 5.50. The van der Waals surface area contributed by atoms with Gasteiger partial charge in [0.2, 0.25) is 15.9 Å². The number of rotatable bonds is 8. The molecule has 0 radical (unpaired) electrons. The Morgan fingerprint density at radius 3 is 2.59 bits per heavy atom. The summed E-state index contributed by atoms with van der Waals surface area (Å²) in [4.78, 5) is 12.4. The predicted molar refractivity (Wildman–Crippen MR) is 112 cm³/mol. The number of hydrogen-bond acceptors (Lipinski definition) is 5. The molecular weight excluding hydrogens is 416 g/mol. The number of carbonyl (C=O) groups is 1. The molecular formula is C20H21ClN2O5S. The van der Waals surface area contributed by atoms with Crippen LogP contribution in [0.4, 0.5) is 5.69 Å². The molecule has 1 fully saturated rings. The minimum atomic E-state index is -3.59. The summed E-state index contributed by atoms with van der Waals surface area (Å²) in [6, 6.07) is 9.44. The second-order valence-corrected chi connectivity index (χ2v) is 8.61. The molecule has 1 aliphatic rings. The summed E-state index contributed by atoms with van der Waals surface area (Å²) in [5.41, 5.74) is 1.02. The molecule has 29 heavy (non-hydrogen) atoms. The minimum absolute atomic E-state index is 0.00879. The first kappa shape index (κ1) is 21.2. The number of carbonyl (C=O) groups excluding carboxylic acids is 1. The second-order valence-electron chi connectivity index (χ2n) is 6.48. The molecule has 0 aliphatic heterocycles. The zero-order valence-electron chi connectivity index (χ0n) is 15.9. The number of hydrogen-bond donors (Lipinski definition) is 2. The summed E-state index contributed by atoms with van der Waals surface area (Å²) in [6.45, 7) is 0. The number of ether oxygens (including phenoxy) is 2. The van der Waals surface area contributed by atoms with Crippen molar-refractivity contribution in [2.75, 3.05) is 19.5 Å². The molecule has 0 spiro atoms. The highest BCUT2D eigenvalue weighted by atomic mass is 35.5. The zero-order chi connectivity index (χ0) is 21.0. The van der Waals surface area contributed by atoms with Gasteiger partial charge in [-0.05, 0) is 54.8 Å². The van der Waals surface area contributed by atoms with Crippen molar-refractivity contribution < 1.29 is 22.7 Å². The van der Waals surface area contributed by atoms with Crippen molar-refractivity contribution in [3.63, 3.8) is 0 Å². The lowest BCUT2D eigenvalue weighted by molar-refractivity contribution is -0.111. The van der Waals surface area contributed by atoms with Gasteiger partial charge in [0.15, 0.2) is 11.5 Å². The fraction of sp³-hybridized carbons (Fsp3) is 0.250. The van der Waals surface area contributed by atoms with Gasteiger partial charge in [-0.25, -0.2) is 13.1 Å². The maximum Gasteiger partial charge on any atom is 0.248 e. The predicted octanol–water partition coefficient (Wildman–Crippen LogP) is 3.45. The van der Waals surface area contributed by atoms with Crippen LogP contribution in [0.15, 0.2) is 47.4 Å². The average molecular weight is 437 g/mol. The first-order chi connectivity index (χ1) is 13.8. The van der Waals surface area contributed by atoms with Crippen molar-refractivity contribution in [3.8, 4) is 11.5 Å². The van der Waals surface area contributed by atoms with Crippen molar-refractivity contribution >= 4 is 39.3 Å². The average Bonchev–Trinajstić information content (AvgIpc) is 3.49. The van der Waals surface area contributed by atoms with E-state index in [1.54, 1.807) is 30.3 Å². The molecule has 3 rings (SSSR count). The summed E-state index contributed by atoms with van der Waals surface area (Å²) >= 11 is 6.16. The van der Waals surface area contributed by atoms with E-state index in [2.05, 4.69) is 10.0 Å². The number of benzene rings is 2. The van der Waals surface area contributed by atoms with Crippen molar-refractivity contribution in [1.29, 1.82) is 0 Å². The molecule has 0 heterocycles. The molecule has 2 aromatic rings. The van der Waals surface area contributed by atoms with Crippen LogP contribution in [-0.4, -0.2) is 34.6 Å². The SMILES string of the molecule is COc1cc(/C=C/C(=O)Nc2cccc(S(=O)(=O)NC3CC3)c2)cc(Cl)c1OC. The van der Waals surface area contributed by atoms with E-state index in [0.717, 1.165) is 12.8 Å². The lowest BCUT2D eigenvalue weighted by Crippen LogP contribution is -2.25. The maximum absolute atomic E-state index is 12.3. The van der Waals surface area contributed by atoms with Crippen LogP contribution in [0.5, 0.6) is 11.5 Å². The normalized spacial score (nSPS) is 14.0. The number of nitrogens with one attached hydrogen (secondary N) is 2. The van der Waals surface area contributed by atoms with Gasteiger partial charge in [0.25, 0.3) is 0 Å². The number of halogens is 1. The van der Waals surface area contributed by atoms with Gasteiger partial charge >= 0.3 is 0 Å². The molecule has 0 saturated heterocycles. The van der Waals surface area contributed by atoms with Crippen LogP contribution in [0.1, 0.15) is 18.4 Å². The Labute approximate surface area is 174 Å². The maximum atomic E-state index is 12.3. The summed E-state index contributed by atoms with van der Waals surface area (Å²) < 4.78 is 37.6. The third-order valence-electron chi connectivity index (χ3n) is 4.19. The van der Waals surface area contributed by atoms with E-state index < -0.39 is 15.9 Å². The summed E-state index contributed by atoms with van der Waals surface area (Å²) in [5.74, 6) is 0.440. The number of methoxy groups -OCH3 is 2. The van der Waals surface area contributed by atoms with E-state index in [1.807, 2.05) is 0 Å². The van der Waals surface area contributed by atoms with Crippen molar-refractivity contribution in [2.45, 2.75) is 23.8 Å². The fourth-order valence-electron chi connectivity index (χ4n) is 2.62. The highest BCUT2D eigenvalue weighted by molar-refractivity contribution is 7.89. The van der Waals surface area contributed by atoms with Gasteiger partial charge in [0.05, 0.1) is 24.1 Å². The highest BCUT2D eigenvalue weighted by Gasteiger charge is 2.28. The second kappa shape index (κ2) is 8.86. The van der Waals surface area contributed by atoms with Crippen molar-refractivity contribution in [1.82, 2.24) is 4.72 Å². The van der Waals surface area contributed by atoms with Gasteiger partial charge in [0.1, 0.15) is 0 Å². The zero-order valence-corrected chi connectivity index (χ0v) is 17.5. The largest absolute Gasteiger partial charge is 0.493 e. The number of anilines is 1. The van der Waals surface area contributed by atoms with Crippen LogP contribution >= 0.6 is 11.6 Å². The Kier molecular flexibility index (Phi) is 6.46. The molecule has 0 aromatic heterocycles. The Balaban J connectivity index is 1.71. The van der Waals surface area contributed by atoms with E-state index in [-0.39, 0.29) is 10.9 Å². The summed E-state index contributed by atoms with van der Waals surface area (Å²) in [5, 5.41) is 3.01. The molecule has 1 saturated carbocycles. The monoisotopic (exact) mass is 436 g/mol. The van der Waals surface area contributed by atoms with Gasteiger partial charge in [-0.3, -0.25) is 4.79 Å². The molecule has 1 aliphatic carbocycles. The fourth-order valence-corrected chi connectivity index (χ4v) is 4.27. The lowest BCUT2D eigenvalue weighted by Gasteiger charge is -2.10. The quantitative estimate of drug-likeness (QED) is 0.618. The standard InChI is InChI=1S/C20H21ClN2O5S/c1-27-18-11-13(10-17(21)20(18)28-2)6-9-19(24)22-15-4-3-5-16(12-15)29(25,26)23-14-7-8-14/h3-6,9-12,14,23H,7-8H2,1-2H3,(H,22,24)/b9-6+. The van der Waals surface area contributed by atoms with Crippen LogP contribution in [0, 0.1) is 0 Å². The molecule has 154 valence electrons. The van der Waals surface area contributed by atoms with Gasteiger partial charge in [-0.2, -0.15) is 0 Å². The molecule has 2 N–H and O–H groups in total. The Morgan fingerprint density at radius 1 is 1.17 bits per heavy atom. The molecule has 0 atom stereocenters. The topological polar surface area (TPSA) is 93.7 Å². The van der Waals surface area contributed by atoms with E-state index in [0.29, 0.717) is 27.8 Å². The van der Waals surface area contributed by atoms with Crippen LogP contribution < -0.4 is 19.5 Å². The smallest absolute Gasteiger partial charge is 0.248 e. The Hall–Kier alpha value is -2.55. The summed E-state index contributed by atoms with van der Waals surface area (Å²) in [6.07, 6.45) is 4.58. The Morgan fingerprint density at radius 2 is 1.93 bits per heavy atom. The molecule has 2 aromatic carbocycles. The minimum Gasteiger partial charge on any atom is -0.493 e. The van der Waals surface area contributed by atoms with Crippen molar-refractivity contribution in [2.24, 2.45) is 0 Å². The molecule has 7 nitrogen and oxygen atoms in total. The summed E-state index contributed by atoms with van der Waals surface area (Å²) in [7, 11) is -0.609. The first-order valence-electron chi connectivity index (χ1n) is 8.85. The van der Waals surface area contributed by atoms with Crippen molar-refractivity contribution in [3.05, 3.63) is 53.1 Å². The van der Waals surface area contributed by atoms with Crippen LogP contribution in [0.25, 0.3) is 6.08 Å². The lowest BCUT2D eigenvalue weighted by atomic mass is 10.2. The van der Waals surface area contributed by atoms with Gasteiger partial charge in [-0.1, -0.05) is 17.7 Å². The number of amides is 1. The van der Waals surface area contributed by atoms with Crippen LogP contribution in [0.3, 0.4) is 0 Å². The van der Waals surface area contributed by atoms with Gasteiger partial charge < -0.3 is 14.8 Å². The third-order valence-corrected chi connectivity index (χ3v) is 5.99. The van der Waals surface area contributed by atoms with E-state index in [9.17, 15) is 13.2 Å². The van der Waals surface area contributed by atoms with Gasteiger partial charge in [0, 0.05) is 17.8 Å². The van der Waals surface area contributed by atoms with Crippen LogP contribution in [0.2, 0.25) is 5.02 Å². The molecule has 1 amide bonds. The molecule has 0 bridgehead atoms. The highest BCUT2D eigenvalue weighted by Crippen LogP contribution is 2.36. The molecule has 0 unspecified atom stereocenters. The molecule has 9 heteroatoms. The first-order valence-corrected chi connectivity index (χ1v) is 10.7. The number of sulfonamides is 1. The van der Waals surface area contributed by atoms with E-state index in [1.165, 1.54) is 32.4 Å². The van der Waals surface area contributed by atoms with E-state index in [4.69, 9.17) is 21.1 Å². The Bertz CT molecular complexity index is 1050. The van der Waals surface area contributed by atoms with Crippen LogP contribution in [-0.2, 0) is 14.8 Å². The van der Waals surface area contributed by atoms with E-state index >= 15 is 0 Å².